The van der Waals surface area contributed by atoms with Gasteiger partial charge >= 0.3 is 6.18 Å². The number of carbonyl (C=O) groups is 1. The van der Waals surface area contributed by atoms with E-state index in [-0.39, 0.29) is 18.2 Å². The largest absolute Gasteiger partial charge is 0.403 e. The first-order valence-electron chi connectivity index (χ1n) is 7.13. The Morgan fingerprint density at radius 1 is 1.27 bits per heavy atom. The lowest BCUT2D eigenvalue weighted by Gasteiger charge is -2.29. The lowest BCUT2D eigenvalue weighted by Crippen LogP contribution is -2.45. The molecule has 1 aliphatic carbocycles. The summed E-state index contributed by atoms with van der Waals surface area (Å²) in [6.45, 7) is 0.405. The highest BCUT2D eigenvalue weighted by Gasteiger charge is 2.69. The zero-order chi connectivity index (χ0) is 16.0. The Bertz CT molecular complexity index is 571. The van der Waals surface area contributed by atoms with Crippen LogP contribution in [0.5, 0.6) is 0 Å². The summed E-state index contributed by atoms with van der Waals surface area (Å²) in [6, 6.07) is 7.13. The highest BCUT2D eigenvalue weighted by molar-refractivity contribution is 7.99. The summed E-state index contributed by atoms with van der Waals surface area (Å²) in [4.78, 5) is 14.7. The van der Waals surface area contributed by atoms with Crippen molar-refractivity contribution < 1.29 is 18.0 Å². The molecule has 1 saturated carbocycles. The van der Waals surface area contributed by atoms with Gasteiger partial charge in [0.05, 0.1) is 5.37 Å². The van der Waals surface area contributed by atoms with Gasteiger partial charge in [-0.05, 0) is 49.9 Å². The van der Waals surface area contributed by atoms with Gasteiger partial charge in [-0.25, -0.2) is 0 Å². The molecule has 2 nitrogen and oxygen atoms in total. The molecule has 1 heterocycles. The second-order valence-electron chi connectivity index (χ2n) is 5.75. The first-order valence-corrected chi connectivity index (χ1v) is 8.39. The van der Waals surface area contributed by atoms with Gasteiger partial charge in [0, 0.05) is 16.5 Å². The molecule has 2 aliphatic rings. The summed E-state index contributed by atoms with van der Waals surface area (Å²) in [6.07, 6.45) is -3.14. The van der Waals surface area contributed by atoms with E-state index < -0.39 is 17.5 Å². The van der Waals surface area contributed by atoms with Gasteiger partial charge in [0.15, 0.2) is 0 Å². The molecule has 0 bridgehead atoms. The van der Waals surface area contributed by atoms with E-state index in [1.807, 2.05) is 12.1 Å². The fraction of sp³-hybridized carbons (Fsp3) is 0.533. The molecule has 1 atom stereocenters. The van der Waals surface area contributed by atoms with Crippen LogP contribution in [0.1, 0.15) is 25.7 Å². The van der Waals surface area contributed by atoms with Crippen LogP contribution >= 0.6 is 23.4 Å². The number of carbonyl (C=O) groups excluding carboxylic acids is 1. The minimum atomic E-state index is -4.44. The Morgan fingerprint density at radius 2 is 1.91 bits per heavy atom. The Labute approximate surface area is 136 Å². The van der Waals surface area contributed by atoms with Gasteiger partial charge in [0.2, 0.25) is 5.91 Å². The van der Waals surface area contributed by atoms with Crippen molar-refractivity contribution in [1.29, 1.82) is 0 Å². The van der Waals surface area contributed by atoms with Gasteiger partial charge in [0.1, 0.15) is 5.41 Å². The van der Waals surface area contributed by atoms with E-state index in [0.717, 1.165) is 11.3 Å². The summed E-state index contributed by atoms with van der Waals surface area (Å²) in [7, 11) is 0. The topological polar surface area (TPSA) is 20.3 Å². The zero-order valence-electron chi connectivity index (χ0n) is 11.7. The monoisotopic (exact) mass is 349 g/mol. The SMILES string of the molecule is O=C(N1CCCC1Sc1ccc(Cl)cc1)C1(C(F)(F)F)CC1. The van der Waals surface area contributed by atoms with Crippen molar-refractivity contribution in [3.05, 3.63) is 29.3 Å². The second-order valence-corrected chi connectivity index (χ2v) is 7.43. The summed E-state index contributed by atoms with van der Waals surface area (Å²) >= 11 is 7.26. The molecule has 22 heavy (non-hydrogen) atoms. The molecule has 0 spiro atoms. The van der Waals surface area contributed by atoms with E-state index in [1.165, 1.54) is 16.7 Å². The third-order valence-electron chi connectivity index (χ3n) is 4.25. The predicted molar refractivity (Wildman–Crippen MR) is 79.8 cm³/mol. The van der Waals surface area contributed by atoms with Crippen molar-refractivity contribution in [2.75, 3.05) is 6.54 Å². The van der Waals surface area contributed by atoms with Crippen molar-refractivity contribution in [3.63, 3.8) is 0 Å². The number of thioether (sulfide) groups is 1. The first-order chi connectivity index (χ1) is 10.3. The highest BCUT2D eigenvalue weighted by atomic mass is 35.5. The fourth-order valence-corrected chi connectivity index (χ4v) is 4.13. The Morgan fingerprint density at radius 3 is 2.45 bits per heavy atom. The van der Waals surface area contributed by atoms with Crippen LogP contribution in [0.4, 0.5) is 13.2 Å². The molecule has 1 aromatic carbocycles. The van der Waals surface area contributed by atoms with Crippen LogP contribution in [0.2, 0.25) is 5.02 Å². The van der Waals surface area contributed by atoms with Crippen LogP contribution in [-0.4, -0.2) is 28.9 Å². The number of amides is 1. The van der Waals surface area contributed by atoms with E-state index in [0.29, 0.717) is 18.0 Å². The zero-order valence-corrected chi connectivity index (χ0v) is 13.3. The van der Waals surface area contributed by atoms with Crippen LogP contribution in [0, 0.1) is 5.41 Å². The third kappa shape index (κ3) is 2.83. The molecule has 1 saturated heterocycles. The van der Waals surface area contributed by atoms with Gasteiger partial charge < -0.3 is 4.90 Å². The number of nitrogens with zero attached hydrogens (tertiary/aromatic N) is 1. The lowest BCUT2D eigenvalue weighted by atomic mass is 10.1. The number of likely N-dealkylation sites (tertiary alicyclic amines) is 1. The van der Waals surface area contributed by atoms with Crippen molar-refractivity contribution in [2.24, 2.45) is 5.41 Å². The van der Waals surface area contributed by atoms with Crippen LogP contribution in [0.25, 0.3) is 0 Å². The molecule has 0 aromatic heterocycles. The summed E-state index contributed by atoms with van der Waals surface area (Å²) in [5.41, 5.74) is -2.11. The van der Waals surface area contributed by atoms with Gasteiger partial charge in [-0.15, -0.1) is 11.8 Å². The molecular formula is C15H15ClF3NOS. The van der Waals surface area contributed by atoms with Gasteiger partial charge in [-0.3, -0.25) is 4.79 Å². The van der Waals surface area contributed by atoms with Crippen molar-refractivity contribution >= 4 is 29.3 Å². The molecule has 120 valence electrons. The molecule has 1 unspecified atom stereocenters. The molecule has 0 radical (unpaired) electrons. The molecule has 7 heteroatoms. The lowest BCUT2D eigenvalue weighted by molar-refractivity contribution is -0.198. The van der Waals surface area contributed by atoms with E-state index in [1.54, 1.807) is 12.1 Å². The van der Waals surface area contributed by atoms with Crippen LogP contribution in [0.15, 0.2) is 29.2 Å². The number of benzene rings is 1. The van der Waals surface area contributed by atoms with Gasteiger partial charge in [-0.1, -0.05) is 11.6 Å². The maximum absolute atomic E-state index is 13.1. The predicted octanol–water partition coefficient (Wildman–Crippen LogP) is 4.72. The average Bonchev–Trinajstić information content (AvgIpc) is 3.16. The number of hydrogen-bond acceptors (Lipinski definition) is 2. The third-order valence-corrected chi connectivity index (χ3v) is 5.80. The number of rotatable bonds is 3. The quantitative estimate of drug-likeness (QED) is 0.786. The second kappa shape index (κ2) is 5.64. The Balaban J connectivity index is 1.73. The van der Waals surface area contributed by atoms with Crippen molar-refractivity contribution in [1.82, 2.24) is 4.90 Å². The maximum atomic E-state index is 13.1. The normalized spacial score (nSPS) is 23.6. The van der Waals surface area contributed by atoms with Crippen LogP contribution < -0.4 is 0 Å². The molecule has 3 rings (SSSR count). The first kappa shape index (κ1) is 16.0. The van der Waals surface area contributed by atoms with E-state index in [2.05, 4.69) is 0 Å². The molecule has 1 aromatic rings. The van der Waals surface area contributed by atoms with Crippen molar-refractivity contribution in [2.45, 2.75) is 42.1 Å². The van der Waals surface area contributed by atoms with E-state index in [9.17, 15) is 18.0 Å². The Hall–Kier alpha value is -0.880. The Kier molecular flexibility index (Phi) is 4.10. The minimum absolute atomic E-state index is 0.0792. The number of hydrogen-bond donors (Lipinski definition) is 0. The average molecular weight is 350 g/mol. The van der Waals surface area contributed by atoms with Gasteiger partial charge in [-0.2, -0.15) is 13.2 Å². The number of alkyl halides is 3. The smallest absolute Gasteiger partial charge is 0.330 e. The molecular weight excluding hydrogens is 335 g/mol. The molecule has 1 aliphatic heterocycles. The van der Waals surface area contributed by atoms with E-state index in [4.69, 9.17) is 11.6 Å². The molecule has 2 fully saturated rings. The van der Waals surface area contributed by atoms with Crippen LogP contribution in [-0.2, 0) is 4.79 Å². The summed E-state index contributed by atoms with van der Waals surface area (Å²) in [5.74, 6) is -0.746. The highest BCUT2D eigenvalue weighted by Crippen LogP contribution is 2.59. The van der Waals surface area contributed by atoms with Crippen molar-refractivity contribution in [3.8, 4) is 0 Å². The molecule has 1 amide bonds. The molecule has 0 N–H and O–H groups in total. The summed E-state index contributed by atoms with van der Waals surface area (Å²) < 4.78 is 39.4. The van der Waals surface area contributed by atoms with Gasteiger partial charge in [0.25, 0.3) is 0 Å². The van der Waals surface area contributed by atoms with E-state index >= 15 is 0 Å². The fourth-order valence-electron chi connectivity index (χ4n) is 2.78. The van der Waals surface area contributed by atoms with Crippen LogP contribution in [0.3, 0.4) is 0 Å². The number of halogens is 4. The minimum Gasteiger partial charge on any atom is -0.330 e. The summed E-state index contributed by atoms with van der Waals surface area (Å²) in [5, 5.41) is 0.381. The standard InChI is InChI=1S/C15H15ClF3NOS/c16-10-3-5-11(6-4-10)22-12-2-1-9-20(12)13(21)14(7-8-14)15(17,18)19/h3-6,12H,1-2,7-9H2. The maximum Gasteiger partial charge on any atom is 0.403 e.